The second-order valence-corrected chi connectivity index (χ2v) is 11.0. The first kappa shape index (κ1) is 26.6. The third-order valence-electron chi connectivity index (χ3n) is 6.30. The van der Waals surface area contributed by atoms with Crippen molar-refractivity contribution in [2.75, 3.05) is 13.4 Å². The Bertz CT molecular complexity index is 1300. The topological polar surface area (TPSA) is 73.9 Å². The zero-order chi connectivity index (χ0) is 26.6. The molecule has 1 atom stereocenters. The predicted molar refractivity (Wildman–Crippen MR) is 146 cm³/mol. The molecule has 1 amide bonds. The summed E-state index contributed by atoms with van der Waals surface area (Å²) in [5.41, 5.74) is 2.21. The zero-order valence-corrected chi connectivity index (χ0v) is 22.7. The summed E-state index contributed by atoms with van der Waals surface area (Å²) < 4.78 is 16.9. The molecule has 0 saturated carbocycles. The highest BCUT2D eigenvalue weighted by Gasteiger charge is 2.44. The molecule has 0 radical (unpaired) electrons. The van der Waals surface area contributed by atoms with Crippen LogP contribution in [0.1, 0.15) is 38.3 Å². The van der Waals surface area contributed by atoms with Gasteiger partial charge in [-0.15, -0.1) is 11.8 Å². The lowest BCUT2D eigenvalue weighted by molar-refractivity contribution is -0.149. The van der Waals surface area contributed by atoms with Gasteiger partial charge in [0.1, 0.15) is 22.6 Å². The summed E-state index contributed by atoms with van der Waals surface area (Å²) in [7, 11) is 1.33. The molecule has 0 heterocycles. The summed E-state index contributed by atoms with van der Waals surface area (Å²) in [5, 5.41) is 2.81. The highest BCUT2D eigenvalue weighted by atomic mass is 32.2. The Labute approximate surface area is 222 Å². The molecule has 0 bridgehead atoms. The number of alkyl carbamates (subject to hydrolysis) is 1. The number of amides is 1. The van der Waals surface area contributed by atoms with Gasteiger partial charge in [-0.05, 0) is 86.9 Å². The van der Waals surface area contributed by atoms with Crippen molar-refractivity contribution in [2.24, 2.45) is 0 Å². The van der Waals surface area contributed by atoms with Crippen LogP contribution in [-0.2, 0) is 27.1 Å². The first-order valence-corrected chi connectivity index (χ1v) is 13.5. The average Bonchev–Trinajstić information content (AvgIpc) is 2.87. The quantitative estimate of drug-likeness (QED) is 0.285. The number of methoxy groups -OCH3 is 1. The van der Waals surface area contributed by atoms with Crippen molar-refractivity contribution in [3.8, 4) is 22.6 Å². The summed E-state index contributed by atoms with van der Waals surface area (Å²) in [5.74, 6) is 0.905. The van der Waals surface area contributed by atoms with E-state index in [1.54, 1.807) is 32.5 Å². The SMILES string of the molecule is COC(=O)C1(NC(=O)OC(C)(C)C)CCc2ccc(Oc3ccccc3-c3cccc(SC)c3)cc2C1. The van der Waals surface area contributed by atoms with Crippen LogP contribution >= 0.6 is 11.8 Å². The van der Waals surface area contributed by atoms with E-state index in [1.807, 2.05) is 48.5 Å². The Hall–Kier alpha value is -3.45. The van der Waals surface area contributed by atoms with Crippen molar-refractivity contribution in [1.82, 2.24) is 5.32 Å². The molecule has 1 unspecified atom stereocenters. The Morgan fingerprint density at radius 3 is 2.49 bits per heavy atom. The molecule has 194 valence electrons. The number of ether oxygens (including phenoxy) is 3. The van der Waals surface area contributed by atoms with Crippen LogP contribution in [0.2, 0.25) is 0 Å². The molecule has 1 aliphatic carbocycles. The minimum atomic E-state index is -1.21. The first-order valence-electron chi connectivity index (χ1n) is 12.3. The lowest BCUT2D eigenvalue weighted by atomic mass is 9.78. The van der Waals surface area contributed by atoms with Gasteiger partial charge in [-0.25, -0.2) is 9.59 Å². The number of para-hydroxylation sites is 1. The smallest absolute Gasteiger partial charge is 0.408 e. The van der Waals surface area contributed by atoms with E-state index in [9.17, 15) is 9.59 Å². The molecular weight excluding hydrogens is 486 g/mol. The Morgan fingerprint density at radius 1 is 0.973 bits per heavy atom. The van der Waals surface area contributed by atoms with Crippen molar-refractivity contribution in [1.29, 1.82) is 0 Å². The fourth-order valence-corrected chi connectivity index (χ4v) is 5.03. The molecule has 0 aromatic heterocycles. The molecule has 6 nitrogen and oxygen atoms in total. The third kappa shape index (κ3) is 6.28. The van der Waals surface area contributed by atoms with Gasteiger partial charge in [-0.2, -0.15) is 0 Å². The standard InChI is InChI=1S/C30H33NO5S/c1-29(2,3)36-28(33)31-30(27(32)34-4)16-15-20-13-14-23(17-22(20)19-30)35-26-12-7-6-11-25(26)21-9-8-10-24(18-21)37-5/h6-14,17-18H,15-16,19H2,1-5H3,(H,31,33). The minimum absolute atomic E-state index is 0.281. The van der Waals surface area contributed by atoms with Crippen LogP contribution in [0.5, 0.6) is 11.5 Å². The van der Waals surface area contributed by atoms with Crippen molar-refractivity contribution < 1.29 is 23.8 Å². The number of nitrogens with one attached hydrogen (secondary N) is 1. The number of fused-ring (bicyclic) bond motifs is 1. The van der Waals surface area contributed by atoms with Gasteiger partial charge in [-0.3, -0.25) is 0 Å². The number of benzene rings is 3. The molecule has 3 aromatic carbocycles. The predicted octanol–water partition coefficient (Wildman–Crippen LogP) is 6.79. The summed E-state index contributed by atoms with van der Waals surface area (Å²) in [6, 6.07) is 22.2. The number of hydrogen-bond acceptors (Lipinski definition) is 6. The highest BCUT2D eigenvalue weighted by Crippen LogP contribution is 2.37. The van der Waals surface area contributed by atoms with Crippen LogP contribution in [0.15, 0.2) is 71.6 Å². The summed E-state index contributed by atoms with van der Waals surface area (Å²) in [6.07, 6.45) is 2.72. The van der Waals surface area contributed by atoms with Crippen LogP contribution in [0.25, 0.3) is 11.1 Å². The van der Waals surface area contributed by atoms with E-state index in [0.717, 1.165) is 28.0 Å². The van der Waals surface area contributed by atoms with Crippen LogP contribution < -0.4 is 10.1 Å². The molecule has 0 aliphatic heterocycles. The normalized spacial score (nSPS) is 16.9. The minimum Gasteiger partial charge on any atom is -0.467 e. The number of aryl methyl sites for hydroxylation is 1. The fraction of sp³-hybridized carbons (Fsp3) is 0.333. The molecule has 1 aliphatic rings. The number of thioether (sulfide) groups is 1. The number of esters is 1. The van der Waals surface area contributed by atoms with Gasteiger partial charge < -0.3 is 19.5 Å². The van der Waals surface area contributed by atoms with E-state index < -0.39 is 23.2 Å². The lowest BCUT2D eigenvalue weighted by Crippen LogP contribution is -2.59. The monoisotopic (exact) mass is 519 g/mol. The number of hydrogen-bond donors (Lipinski definition) is 1. The van der Waals surface area contributed by atoms with Crippen LogP contribution in [0, 0.1) is 0 Å². The van der Waals surface area contributed by atoms with Crippen molar-refractivity contribution in [2.45, 2.75) is 56.1 Å². The maximum absolute atomic E-state index is 12.9. The van der Waals surface area contributed by atoms with E-state index in [0.29, 0.717) is 18.6 Å². The van der Waals surface area contributed by atoms with Gasteiger partial charge in [0.25, 0.3) is 0 Å². The van der Waals surface area contributed by atoms with Crippen LogP contribution in [-0.4, -0.2) is 36.6 Å². The molecule has 0 fully saturated rings. The highest BCUT2D eigenvalue weighted by molar-refractivity contribution is 7.98. The lowest BCUT2D eigenvalue weighted by Gasteiger charge is -2.36. The molecule has 1 N–H and O–H groups in total. The van der Waals surface area contributed by atoms with Gasteiger partial charge in [0.15, 0.2) is 0 Å². The number of rotatable bonds is 6. The van der Waals surface area contributed by atoms with Gasteiger partial charge in [-0.1, -0.05) is 36.4 Å². The maximum Gasteiger partial charge on any atom is 0.408 e. The van der Waals surface area contributed by atoms with Crippen molar-refractivity contribution >= 4 is 23.8 Å². The number of carbonyl (C=O) groups is 2. The summed E-state index contributed by atoms with van der Waals surface area (Å²) in [6.45, 7) is 5.35. The first-order chi connectivity index (χ1) is 17.6. The largest absolute Gasteiger partial charge is 0.467 e. The van der Waals surface area contributed by atoms with E-state index >= 15 is 0 Å². The second-order valence-electron chi connectivity index (χ2n) is 10.1. The summed E-state index contributed by atoms with van der Waals surface area (Å²) >= 11 is 1.70. The Morgan fingerprint density at radius 2 is 1.76 bits per heavy atom. The molecule has 4 rings (SSSR count). The van der Waals surface area contributed by atoms with E-state index in [2.05, 4.69) is 29.8 Å². The Balaban J connectivity index is 1.62. The molecular formula is C30H33NO5S. The van der Waals surface area contributed by atoms with E-state index in [-0.39, 0.29) is 6.42 Å². The van der Waals surface area contributed by atoms with E-state index in [4.69, 9.17) is 14.2 Å². The molecule has 7 heteroatoms. The van der Waals surface area contributed by atoms with Crippen molar-refractivity contribution in [3.63, 3.8) is 0 Å². The average molecular weight is 520 g/mol. The van der Waals surface area contributed by atoms with Gasteiger partial charge in [0.2, 0.25) is 0 Å². The van der Waals surface area contributed by atoms with Gasteiger partial charge >= 0.3 is 12.1 Å². The Kier molecular flexibility index (Phi) is 7.83. The maximum atomic E-state index is 12.9. The van der Waals surface area contributed by atoms with Crippen LogP contribution in [0.3, 0.4) is 0 Å². The molecule has 3 aromatic rings. The van der Waals surface area contributed by atoms with E-state index in [1.165, 1.54) is 12.0 Å². The zero-order valence-electron chi connectivity index (χ0n) is 21.9. The molecule has 37 heavy (non-hydrogen) atoms. The van der Waals surface area contributed by atoms with Crippen molar-refractivity contribution in [3.05, 3.63) is 77.9 Å². The second kappa shape index (κ2) is 10.9. The molecule has 0 saturated heterocycles. The van der Waals surface area contributed by atoms with Crippen LogP contribution in [0.4, 0.5) is 4.79 Å². The van der Waals surface area contributed by atoms with Gasteiger partial charge in [0.05, 0.1) is 7.11 Å². The third-order valence-corrected chi connectivity index (χ3v) is 7.03. The number of carbonyl (C=O) groups excluding carboxylic acids is 2. The van der Waals surface area contributed by atoms with Gasteiger partial charge in [0, 0.05) is 16.9 Å². The summed E-state index contributed by atoms with van der Waals surface area (Å²) in [4.78, 5) is 26.7. The fourth-order valence-electron chi connectivity index (χ4n) is 4.57. The molecule has 0 spiro atoms.